The maximum atomic E-state index is 12.4. The van der Waals surface area contributed by atoms with Crippen LogP contribution >= 0.6 is 23.4 Å². The predicted molar refractivity (Wildman–Crippen MR) is 98.7 cm³/mol. The number of fused-ring (bicyclic) bond motifs is 1. The summed E-state index contributed by atoms with van der Waals surface area (Å²) in [4.78, 5) is 37.6. The molecule has 7 nitrogen and oxygen atoms in total. The van der Waals surface area contributed by atoms with E-state index >= 15 is 0 Å². The summed E-state index contributed by atoms with van der Waals surface area (Å²) >= 11 is 7.47. The SMILES string of the molecule is Cc1cc(Cl)ccc1OCC(=O)NNC(=O)[C@@H]1CS[C@]2(C)CCC(=O)N12. The van der Waals surface area contributed by atoms with Gasteiger partial charge >= 0.3 is 0 Å². The van der Waals surface area contributed by atoms with E-state index in [4.69, 9.17) is 16.3 Å². The van der Waals surface area contributed by atoms with E-state index in [1.54, 1.807) is 34.9 Å². The number of nitrogens with zero attached hydrogens (tertiary/aromatic N) is 1. The third-order valence-corrected chi connectivity index (χ3v) is 6.31. The number of halogens is 1. The Balaban J connectivity index is 1.48. The molecule has 0 saturated carbocycles. The number of hydrazine groups is 1. The van der Waals surface area contributed by atoms with E-state index in [2.05, 4.69) is 10.9 Å². The van der Waals surface area contributed by atoms with Crippen LogP contribution < -0.4 is 15.6 Å². The van der Waals surface area contributed by atoms with Crippen molar-refractivity contribution in [2.75, 3.05) is 12.4 Å². The van der Waals surface area contributed by atoms with Crippen LogP contribution in [0.5, 0.6) is 5.75 Å². The molecule has 2 atom stereocenters. The number of thioether (sulfide) groups is 1. The smallest absolute Gasteiger partial charge is 0.276 e. The van der Waals surface area contributed by atoms with Gasteiger partial charge in [-0.15, -0.1) is 11.8 Å². The number of hydrogen-bond donors (Lipinski definition) is 2. The number of aryl methyl sites for hydroxylation is 1. The molecular formula is C17H20ClN3O4S. The minimum atomic E-state index is -0.570. The molecule has 0 aliphatic carbocycles. The standard InChI is InChI=1S/C17H20ClN3O4S/c1-10-7-11(18)3-4-13(10)25-8-14(22)19-20-16(24)12-9-26-17(2)6-5-15(23)21(12)17/h3-4,7,12H,5-6,8-9H2,1-2H3,(H,19,22)(H,20,24)/t12-,17+/m0/s1. The molecule has 0 spiro atoms. The fourth-order valence-electron chi connectivity index (χ4n) is 3.18. The second-order valence-corrected chi connectivity index (χ2v) is 8.44. The van der Waals surface area contributed by atoms with E-state index in [1.165, 1.54) is 0 Å². The first-order chi connectivity index (χ1) is 12.3. The van der Waals surface area contributed by atoms with E-state index in [9.17, 15) is 14.4 Å². The van der Waals surface area contributed by atoms with Gasteiger partial charge in [0.05, 0.1) is 4.87 Å². The first-order valence-corrected chi connectivity index (χ1v) is 9.60. The molecule has 2 aliphatic heterocycles. The van der Waals surface area contributed by atoms with Gasteiger partial charge in [-0.1, -0.05) is 11.6 Å². The van der Waals surface area contributed by atoms with Crippen molar-refractivity contribution in [3.05, 3.63) is 28.8 Å². The van der Waals surface area contributed by atoms with E-state index in [1.807, 2.05) is 13.8 Å². The van der Waals surface area contributed by atoms with Gasteiger partial charge in [-0.25, -0.2) is 0 Å². The third-order valence-electron chi connectivity index (χ3n) is 4.57. The number of carbonyl (C=O) groups excluding carboxylic acids is 3. The van der Waals surface area contributed by atoms with Crippen LogP contribution in [0.25, 0.3) is 0 Å². The second kappa shape index (κ2) is 7.36. The third kappa shape index (κ3) is 3.76. The Hall–Kier alpha value is -1.93. The van der Waals surface area contributed by atoms with Crippen LogP contribution in [0.15, 0.2) is 18.2 Å². The van der Waals surface area contributed by atoms with Crippen molar-refractivity contribution >= 4 is 41.1 Å². The van der Waals surface area contributed by atoms with Crippen LogP contribution in [-0.2, 0) is 14.4 Å². The average molecular weight is 398 g/mol. The lowest BCUT2D eigenvalue weighted by Gasteiger charge is -2.29. The molecular weight excluding hydrogens is 378 g/mol. The summed E-state index contributed by atoms with van der Waals surface area (Å²) in [6.07, 6.45) is 1.19. The van der Waals surface area contributed by atoms with Gasteiger partial charge in [0.1, 0.15) is 11.8 Å². The van der Waals surface area contributed by atoms with Gasteiger partial charge in [0, 0.05) is 17.2 Å². The van der Waals surface area contributed by atoms with Gasteiger partial charge in [0.25, 0.3) is 11.8 Å². The second-order valence-electron chi connectivity index (χ2n) is 6.50. The Morgan fingerprint density at radius 1 is 1.42 bits per heavy atom. The molecule has 1 aromatic rings. The number of amides is 3. The summed E-state index contributed by atoms with van der Waals surface area (Å²) < 4.78 is 5.42. The van der Waals surface area contributed by atoms with Crippen LogP contribution in [0, 0.1) is 6.92 Å². The molecule has 9 heteroatoms. The molecule has 0 radical (unpaired) electrons. The molecule has 140 valence electrons. The molecule has 0 bridgehead atoms. The number of hydrogen-bond acceptors (Lipinski definition) is 5. The average Bonchev–Trinajstić information content (AvgIpc) is 3.08. The Bertz CT molecular complexity index is 760. The van der Waals surface area contributed by atoms with Crippen molar-refractivity contribution in [1.29, 1.82) is 0 Å². The summed E-state index contributed by atoms with van der Waals surface area (Å²) in [5.74, 6) is 0.151. The minimum Gasteiger partial charge on any atom is -0.483 e. The number of ether oxygens (including phenoxy) is 1. The lowest BCUT2D eigenvalue weighted by molar-refractivity contribution is -0.139. The van der Waals surface area contributed by atoms with Crippen LogP contribution in [0.3, 0.4) is 0 Å². The van der Waals surface area contributed by atoms with E-state index < -0.39 is 17.9 Å². The Kier molecular flexibility index (Phi) is 5.34. The maximum Gasteiger partial charge on any atom is 0.276 e. The summed E-state index contributed by atoms with van der Waals surface area (Å²) in [7, 11) is 0. The van der Waals surface area contributed by atoms with Gasteiger partial charge in [0.15, 0.2) is 6.61 Å². The highest BCUT2D eigenvalue weighted by molar-refractivity contribution is 8.01. The molecule has 0 aromatic heterocycles. The highest BCUT2D eigenvalue weighted by atomic mass is 35.5. The largest absolute Gasteiger partial charge is 0.483 e. The van der Waals surface area contributed by atoms with Crippen LogP contribution in [0.1, 0.15) is 25.3 Å². The van der Waals surface area contributed by atoms with Gasteiger partial charge in [-0.05, 0) is 44.0 Å². The van der Waals surface area contributed by atoms with Crippen LogP contribution in [-0.4, -0.2) is 45.9 Å². The molecule has 2 heterocycles. The highest BCUT2D eigenvalue weighted by Gasteiger charge is 2.52. The molecule has 2 aliphatic rings. The molecule has 3 amide bonds. The number of benzene rings is 1. The first-order valence-electron chi connectivity index (χ1n) is 8.24. The molecule has 2 N–H and O–H groups in total. The normalized spacial score (nSPS) is 24.3. The Labute approximate surface area is 160 Å². The minimum absolute atomic E-state index is 0.0227. The van der Waals surface area contributed by atoms with Crippen LogP contribution in [0.2, 0.25) is 5.02 Å². The highest BCUT2D eigenvalue weighted by Crippen LogP contribution is 2.47. The fraction of sp³-hybridized carbons (Fsp3) is 0.471. The van der Waals surface area contributed by atoms with Gasteiger partial charge in [-0.3, -0.25) is 25.2 Å². The zero-order valence-electron chi connectivity index (χ0n) is 14.5. The molecule has 1 aromatic carbocycles. The molecule has 2 saturated heterocycles. The lowest BCUT2D eigenvalue weighted by atomic mass is 10.2. The van der Waals surface area contributed by atoms with E-state index in [0.29, 0.717) is 22.9 Å². The summed E-state index contributed by atoms with van der Waals surface area (Å²) in [6, 6.07) is 4.52. The fourth-order valence-corrected chi connectivity index (χ4v) is 4.84. The number of nitrogens with one attached hydrogen (secondary N) is 2. The quantitative estimate of drug-likeness (QED) is 0.754. The van der Waals surface area contributed by atoms with Crippen molar-refractivity contribution < 1.29 is 19.1 Å². The maximum absolute atomic E-state index is 12.4. The van der Waals surface area contributed by atoms with E-state index in [-0.39, 0.29) is 17.4 Å². The van der Waals surface area contributed by atoms with Gasteiger partial charge in [-0.2, -0.15) is 0 Å². The number of rotatable bonds is 4. The summed E-state index contributed by atoms with van der Waals surface area (Å²) in [5, 5.41) is 0.587. The molecule has 2 fully saturated rings. The lowest BCUT2D eigenvalue weighted by Crippen LogP contribution is -2.54. The van der Waals surface area contributed by atoms with Gasteiger partial charge < -0.3 is 9.64 Å². The van der Waals surface area contributed by atoms with Crippen molar-refractivity contribution in [1.82, 2.24) is 15.8 Å². The van der Waals surface area contributed by atoms with Crippen molar-refractivity contribution in [2.45, 2.75) is 37.6 Å². The van der Waals surface area contributed by atoms with Crippen molar-refractivity contribution in [3.8, 4) is 5.75 Å². The van der Waals surface area contributed by atoms with Crippen LogP contribution in [0.4, 0.5) is 0 Å². The first kappa shape index (κ1) is 18.8. The zero-order valence-corrected chi connectivity index (χ0v) is 16.1. The zero-order chi connectivity index (χ0) is 18.9. The summed E-state index contributed by atoms with van der Waals surface area (Å²) in [5.41, 5.74) is 5.53. The Morgan fingerprint density at radius 2 is 2.19 bits per heavy atom. The summed E-state index contributed by atoms with van der Waals surface area (Å²) in [6.45, 7) is 3.54. The van der Waals surface area contributed by atoms with Crippen molar-refractivity contribution in [3.63, 3.8) is 0 Å². The van der Waals surface area contributed by atoms with E-state index in [0.717, 1.165) is 12.0 Å². The predicted octanol–water partition coefficient (Wildman–Crippen LogP) is 1.63. The number of carbonyl (C=O) groups is 3. The Morgan fingerprint density at radius 3 is 2.92 bits per heavy atom. The van der Waals surface area contributed by atoms with Crippen molar-refractivity contribution in [2.24, 2.45) is 0 Å². The molecule has 0 unspecified atom stereocenters. The molecule has 3 rings (SSSR count). The van der Waals surface area contributed by atoms with Gasteiger partial charge in [0.2, 0.25) is 5.91 Å². The monoisotopic (exact) mass is 397 g/mol. The topological polar surface area (TPSA) is 87.7 Å². The molecule has 26 heavy (non-hydrogen) atoms.